The van der Waals surface area contributed by atoms with Gasteiger partial charge in [0.05, 0.1) is 13.2 Å². The molecule has 0 amide bonds. The Morgan fingerprint density at radius 1 is 1.24 bits per heavy atom. The van der Waals surface area contributed by atoms with Crippen LogP contribution in [0.15, 0.2) is 24.3 Å². The first kappa shape index (κ1) is 14.2. The zero-order chi connectivity index (χ0) is 12.9. The Balaban J connectivity index is 2.42. The van der Waals surface area contributed by atoms with Crippen LogP contribution in [0, 0.1) is 0 Å². The third-order valence-electron chi connectivity index (χ3n) is 3.15. The lowest BCUT2D eigenvalue weighted by atomic mass is 10.0. The summed E-state index contributed by atoms with van der Waals surface area (Å²) in [4.78, 5) is 0. The van der Waals surface area contributed by atoms with Gasteiger partial charge in [-0.15, -0.1) is 0 Å². The molecule has 0 spiro atoms. The van der Waals surface area contributed by atoms with Crippen molar-refractivity contribution in [1.82, 2.24) is 0 Å². The zero-order valence-corrected chi connectivity index (χ0v) is 11.5. The van der Waals surface area contributed by atoms with Gasteiger partial charge in [-0.1, -0.05) is 45.0 Å². The average Bonchev–Trinajstić information content (AvgIpc) is 2.29. The highest BCUT2D eigenvalue weighted by Crippen LogP contribution is 2.15. The number of hydrogen-bond donors (Lipinski definition) is 1. The molecule has 2 N–H and O–H groups in total. The van der Waals surface area contributed by atoms with E-state index in [4.69, 9.17) is 10.5 Å². The molecule has 2 nitrogen and oxygen atoms in total. The van der Waals surface area contributed by atoms with E-state index < -0.39 is 0 Å². The molecule has 17 heavy (non-hydrogen) atoms. The number of benzene rings is 1. The largest absolute Gasteiger partial charge is 0.375 e. The minimum atomic E-state index is -0.210. The molecule has 0 aliphatic heterocycles. The van der Waals surface area contributed by atoms with Gasteiger partial charge in [-0.05, 0) is 30.4 Å². The van der Waals surface area contributed by atoms with Crippen molar-refractivity contribution < 1.29 is 4.74 Å². The molecule has 1 atom stereocenters. The lowest BCUT2D eigenvalue weighted by molar-refractivity contribution is 0.0777. The fourth-order valence-corrected chi connectivity index (χ4v) is 1.50. The Labute approximate surface area is 105 Å². The molecule has 96 valence electrons. The maximum Gasteiger partial charge on any atom is 0.0717 e. The van der Waals surface area contributed by atoms with E-state index in [9.17, 15) is 0 Å². The van der Waals surface area contributed by atoms with Crippen LogP contribution in [0.4, 0.5) is 0 Å². The second-order valence-electron chi connectivity index (χ2n) is 5.40. The van der Waals surface area contributed by atoms with Crippen molar-refractivity contribution in [3.8, 4) is 0 Å². The van der Waals surface area contributed by atoms with E-state index in [2.05, 4.69) is 45.0 Å². The fourth-order valence-electron chi connectivity index (χ4n) is 1.50. The topological polar surface area (TPSA) is 35.2 Å². The second kappa shape index (κ2) is 6.18. The van der Waals surface area contributed by atoms with E-state index in [1.54, 1.807) is 0 Å². The third kappa shape index (κ3) is 4.88. The summed E-state index contributed by atoms with van der Waals surface area (Å²) in [7, 11) is 0. The highest BCUT2D eigenvalue weighted by atomic mass is 16.5. The average molecular weight is 235 g/mol. The summed E-state index contributed by atoms with van der Waals surface area (Å²) in [5, 5.41) is 0. The Morgan fingerprint density at radius 2 is 1.82 bits per heavy atom. The molecule has 0 saturated heterocycles. The van der Waals surface area contributed by atoms with Gasteiger partial charge in [0, 0.05) is 5.54 Å². The van der Waals surface area contributed by atoms with Crippen LogP contribution in [0.25, 0.3) is 0 Å². The quantitative estimate of drug-likeness (QED) is 0.819. The first-order valence-electron chi connectivity index (χ1n) is 6.40. The number of hydrogen-bond acceptors (Lipinski definition) is 2. The molecule has 0 aromatic heterocycles. The van der Waals surface area contributed by atoms with Gasteiger partial charge in [0.15, 0.2) is 0 Å². The molecular formula is C15H25NO. The van der Waals surface area contributed by atoms with Crippen molar-refractivity contribution in [2.24, 2.45) is 5.73 Å². The summed E-state index contributed by atoms with van der Waals surface area (Å²) in [5.74, 6) is 0.581. The Hall–Kier alpha value is -0.860. The number of ether oxygens (including phenoxy) is 1. The van der Waals surface area contributed by atoms with Crippen LogP contribution in [0.3, 0.4) is 0 Å². The fraction of sp³-hybridized carbons (Fsp3) is 0.600. The molecule has 0 bridgehead atoms. The molecule has 2 heteroatoms. The van der Waals surface area contributed by atoms with E-state index in [1.165, 1.54) is 11.1 Å². The lowest BCUT2D eigenvalue weighted by Crippen LogP contribution is -2.40. The van der Waals surface area contributed by atoms with Gasteiger partial charge in [-0.25, -0.2) is 0 Å². The SMILES string of the molecule is CCC(C)(N)COCc1ccc(C(C)C)cc1. The summed E-state index contributed by atoms with van der Waals surface area (Å²) in [6.45, 7) is 9.76. The number of rotatable bonds is 6. The summed E-state index contributed by atoms with van der Waals surface area (Å²) < 4.78 is 5.65. The molecule has 1 rings (SSSR count). The van der Waals surface area contributed by atoms with Gasteiger partial charge in [0.1, 0.15) is 0 Å². The highest BCUT2D eigenvalue weighted by Gasteiger charge is 2.15. The zero-order valence-electron chi connectivity index (χ0n) is 11.5. The van der Waals surface area contributed by atoms with Gasteiger partial charge in [0.2, 0.25) is 0 Å². The van der Waals surface area contributed by atoms with Crippen LogP contribution >= 0.6 is 0 Å². The van der Waals surface area contributed by atoms with Crippen molar-refractivity contribution in [3.63, 3.8) is 0 Å². The van der Waals surface area contributed by atoms with Crippen LogP contribution < -0.4 is 5.73 Å². The van der Waals surface area contributed by atoms with Crippen LogP contribution in [-0.2, 0) is 11.3 Å². The minimum Gasteiger partial charge on any atom is -0.375 e. The molecular weight excluding hydrogens is 210 g/mol. The van der Waals surface area contributed by atoms with E-state index in [-0.39, 0.29) is 5.54 Å². The molecule has 1 unspecified atom stereocenters. The maximum absolute atomic E-state index is 6.02. The first-order valence-corrected chi connectivity index (χ1v) is 6.40. The Kier molecular flexibility index (Phi) is 5.16. The smallest absolute Gasteiger partial charge is 0.0717 e. The van der Waals surface area contributed by atoms with Crippen LogP contribution in [0.1, 0.15) is 51.2 Å². The molecule has 0 radical (unpaired) electrons. The standard InChI is InChI=1S/C15H25NO/c1-5-15(4,16)11-17-10-13-6-8-14(9-7-13)12(2)3/h6-9,12H,5,10-11,16H2,1-4H3. The van der Waals surface area contributed by atoms with Crippen LogP contribution in [0.2, 0.25) is 0 Å². The summed E-state index contributed by atoms with van der Waals surface area (Å²) >= 11 is 0. The number of nitrogens with two attached hydrogens (primary N) is 1. The molecule has 0 heterocycles. The van der Waals surface area contributed by atoms with Crippen molar-refractivity contribution in [1.29, 1.82) is 0 Å². The summed E-state index contributed by atoms with van der Waals surface area (Å²) in [5.41, 5.74) is 8.38. The van der Waals surface area contributed by atoms with Crippen LogP contribution in [0.5, 0.6) is 0 Å². The normalized spacial score (nSPS) is 14.9. The summed E-state index contributed by atoms with van der Waals surface area (Å²) in [6.07, 6.45) is 0.930. The van der Waals surface area contributed by atoms with Crippen molar-refractivity contribution >= 4 is 0 Å². The van der Waals surface area contributed by atoms with Crippen molar-refractivity contribution in [3.05, 3.63) is 35.4 Å². The van der Waals surface area contributed by atoms with E-state index >= 15 is 0 Å². The Bertz CT molecular complexity index is 327. The van der Waals surface area contributed by atoms with Gasteiger partial charge in [0.25, 0.3) is 0 Å². The molecule has 1 aromatic carbocycles. The van der Waals surface area contributed by atoms with Crippen LogP contribution in [-0.4, -0.2) is 12.1 Å². The maximum atomic E-state index is 6.02. The third-order valence-corrected chi connectivity index (χ3v) is 3.15. The van der Waals surface area contributed by atoms with Gasteiger partial charge >= 0.3 is 0 Å². The molecule has 1 aromatic rings. The van der Waals surface area contributed by atoms with E-state index in [1.807, 2.05) is 6.92 Å². The van der Waals surface area contributed by atoms with Crippen molar-refractivity contribution in [2.75, 3.05) is 6.61 Å². The summed E-state index contributed by atoms with van der Waals surface area (Å²) in [6, 6.07) is 8.61. The molecule has 0 saturated carbocycles. The molecule has 0 fully saturated rings. The van der Waals surface area contributed by atoms with Crippen molar-refractivity contribution in [2.45, 2.75) is 52.2 Å². The predicted octanol–water partition coefficient (Wildman–Crippen LogP) is 3.45. The Morgan fingerprint density at radius 3 is 2.29 bits per heavy atom. The van der Waals surface area contributed by atoms with Gasteiger partial charge < -0.3 is 10.5 Å². The minimum absolute atomic E-state index is 0.210. The second-order valence-corrected chi connectivity index (χ2v) is 5.40. The highest BCUT2D eigenvalue weighted by molar-refractivity contribution is 5.24. The lowest BCUT2D eigenvalue weighted by Gasteiger charge is -2.22. The monoisotopic (exact) mass is 235 g/mol. The van der Waals surface area contributed by atoms with E-state index in [0.717, 1.165) is 6.42 Å². The molecule has 0 aliphatic carbocycles. The van der Waals surface area contributed by atoms with Gasteiger partial charge in [-0.2, -0.15) is 0 Å². The molecule has 0 aliphatic rings. The van der Waals surface area contributed by atoms with Gasteiger partial charge in [-0.3, -0.25) is 0 Å². The first-order chi connectivity index (χ1) is 7.94. The van der Waals surface area contributed by atoms with E-state index in [0.29, 0.717) is 19.1 Å². The predicted molar refractivity (Wildman–Crippen MR) is 73.1 cm³/mol.